The molecule has 0 fully saturated rings. The number of hydrogen-bond acceptors (Lipinski definition) is 6. The summed E-state index contributed by atoms with van der Waals surface area (Å²) in [6.45, 7) is 0. The molecule has 0 rings (SSSR count). The van der Waals surface area contributed by atoms with Gasteiger partial charge in [-0.2, -0.15) is 0 Å². The molecule has 0 aromatic heterocycles. The number of carboxylic acid groups (broad SMARTS) is 1. The number of carbonyl (C=O) groups is 2. The minimum atomic E-state index is -2.28. The predicted octanol–water partition coefficient (Wildman–Crippen LogP) is -3.74. The van der Waals surface area contributed by atoms with E-state index in [1.807, 2.05) is 5.32 Å². The highest BCUT2D eigenvalue weighted by Gasteiger charge is 2.36. The van der Waals surface area contributed by atoms with E-state index in [0.717, 1.165) is 0 Å². The van der Waals surface area contributed by atoms with Crippen molar-refractivity contribution in [1.29, 1.82) is 0 Å². The summed E-state index contributed by atoms with van der Waals surface area (Å²) in [5, 5.41) is 46.3. The highest BCUT2D eigenvalue weighted by Crippen LogP contribution is 2.05. The zero-order valence-corrected chi connectivity index (χ0v) is 7.86. The number of amides is 1. The van der Waals surface area contributed by atoms with Gasteiger partial charge in [0, 0.05) is 7.05 Å². The van der Waals surface area contributed by atoms with Gasteiger partial charge in [-0.25, -0.2) is 4.79 Å². The van der Waals surface area contributed by atoms with Crippen LogP contribution in [0.25, 0.3) is 0 Å². The topological polar surface area (TPSA) is 147 Å². The number of carboxylic acids is 1. The highest BCUT2D eigenvalue weighted by atomic mass is 16.4. The number of rotatable bonds is 5. The monoisotopic (exact) mass is 223 g/mol. The summed E-state index contributed by atoms with van der Waals surface area (Å²) in [5.74, 6) is -2.77. The van der Waals surface area contributed by atoms with Crippen molar-refractivity contribution in [2.45, 2.75) is 24.4 Å². The van der Waals surface area contributed by atoms with Gasteiger partial charge in [0.1, 0.15) is 12.2 Å². The Kier molecular flexibility index (Phi) is 5.15. The maximum absolute atomic E-state index is 10.8. The fourth-order valence-corrected chi connectivity index (χ4v) is 0.823. The van der Waals surface area contributed by atoms with E-state index in [0.29, 0.717) is 0 Å². The normalized spacial score (nSPS) is 18.7. The summed E-state index contributed by atoms with van der Waals surface area (Å²) in [5.41, 5.74) is 0. The van der Waals surface area contributed by atoms with E-state index in [4.69, 9.17) is 25.5 Å². The molecule has 0 bridgehead atoms. The van der Waals surface area contributed by atoms with Gasteiger partial charge in [-0.15, -0.1) is 0 Å². The molecule has 0 heterocycles. The highest BCUT2D eigenvalue weighted by molar-refractivity contribution is 5.81. The maximum atomic E-state index is 10.8. The molecule has 88 valence electrons. The second-order valence-corrected chi connectivity index (χ2v) is 2.82. The molecular weight excluding hydrogens is 210 g/mol. The fraction of sp³-hybridized carbons (Fsp3) is 0.714. The summed E-state index contributed by atoms with van der Waals surface area (Å²) >= 11 is 0. The molecule has 1 unspecified atom stereocenters. The summed E-state index contributed by atoms with van der Waals surface area (Å²) in [7, 11) is 1.18. The minimum absolute atomic E-state index is 1.00. The van der Waals surface area contributed by atoms with Gasteiger partial charge in [0.25, 0.3) is 5.91 Å². The molecule has 0 saturated heterocycles. The van der Waals surface area contributed by atoms with Crippen molar-refractivity contribution < 1.29 is 35.1 Å². The van der Waals surface area contributed by atoms with Crippen LogP contribution >= 0.6 is 0 Å². The van der Waals surface area contributed by atoms with Gasteiger partial charge >= 0.3 is 5.97 Å². The molecule has 8 heteroatoms. The molecule has 0 aromatic carbocycles. The third-order valence-electron chi connectivity index (χ3n) is 1.76. The van der Waals surface area contributed by atoms with E-state index in [1.54, 1.807) is 0 Å². The van der Waals surface area contributed by atoms with E-state index >= 15 is 0 Å². The molecule has 8 nitrogen and oxygen atoms in total. The molecule has 0 radical (unpaired) electrons. The Morgan fingerprint density at radius 3 is 1.73 bits per heavy atom. The van der Waals surface area contributed by atoms with Crippen LogP contribution in [-0.4, -0.2) is 68.9 Å². The van der Waals surface area contributed by atoms with Crippen molar-refractivity contribution in [3.05, 3.63) is 0 Å². The number of aliphatic hydroxyl groups is 4. The van der Waals surface area contributed by atoms with Crippen LogP contribution in [0, 0.1) is 0 Å². The average molecular weight is 223 g/mol. The smallest absolute Gasteiger partial charge is 0.335 e. The van der Waals surface area contributed by atoms with Crippen molar-refractivity contribution in [2.24, 2.45) is 0 Å². The number of aliphatic hydroxyl groups excluding tert-OH is 4. The van der Waals surface area contributed by atoms with Gasteiger partial charge in [-0.05, 0) is 0 Å². The molecular formula is C7H13NO7. The third kappa shape index (κ3) is 3.44. The first kappa shape index (κ1) is 13.8. The lowest BCUT2D eigenvalue weighted by atomic mass is 10.0. The first-order chi connectivity index (χ1) is 6.82. The molecule has 6 N–H and O–H groups in total. The Labute approximate surface area is 84.8 Å². The molecule has 4 atom stereocenters. The van der Waals surface area contributed by atoms with E-state index in [2.05, 4.69) is 0 Å². The third-order valence-corrected chi connectivity index (χ3v) is 1.76. The van der Waals surface area contributed by atoms with Crippen LogP contribution in [0.15, 0.2) is 0 Å². The SMILES string of the molecule is CNC(=O)C(O)[C@H](O)[C@@H](O)[C@@H](O)C(=O)O. The number of nitrogens with one attached hydrogen (secondary N) is 1. The van der Waals surface area contributed by atoms with Crippen LogP contribution in [0.1, 0.15) is 0 Å². The Bertz CT molecular complexity index is 243. The van der Waals surface area contributed by atoms with Gasteiger partial charge in [0.2, 0.25) is 0 Å². The summed E-state index contributed by atoms with van der Waals surface area (Å²) < 4.78 is 0. The Balaban J connectivity index is 4.49. The van der Waals surface area contributed by atoms with E-state index in [9.17, 15) is 9.59 Å². The van der Waals surface area contributed by atoms with E-state index in [1.165, 1.54) is 7.05 Å². The van der Waals surface area contributed by atoms with Crippen LogP contribution in [0.2, 0.25) is 0 Å². The first-order valence-electron chi connectivity index (χ1n) is 3.99. The molecule has 0 spiro atoms. The Morgan fingerprint density at radius 2 is 1.40 bits per heavy atom. The van der Waals surface area contributed by atoms with Gasteiger partial charge in [-0.1, -0.05) is 0 Å². The maximum Gasteiger partial charge on any atom is 0.335 e. The Hall–Kier alpha value is -1.22. The van der Waals surface area contributed by atoms with Gasteiger partial charge in [0.05, 0.1) is 0 Å². The van der Waals surface area contributed by atoms with Gasteiger partial charge in [-0.3, -0.25) is 4.79 Å². The molecule has 0 aliphatic carbocycles. The van der Waals surface area contributed by atoms with Crippen LogP contribution in [0.3, 0.4) is 0 Å². The zero-order chi connectivity index (χ0) is 12.2. The lowest BCUT2D eigenvalue weighted by Gasteiger charge is -2.23. The lowest BCUT2D eigenvalue weighted by Crippen LogP contribution is -2.52. The van der Waals surface area contributed by atoms with E-state index in [-0.39, 0.29) is 0 Å². The summed E-state index contributed by atoms with van der Waals surface area (Å²) in [6.07, 6.45) is -8.54. The van der Waals surface area contributed by atoms with Crippen molar-refractivity contribution in [1.82, 2.24) is 5.32 Å². The van der Waals surface area contributed by atoms with Crippen LogP contribution < -0.4 is 5.32 Å². The summed E-state index contributed by atoms with van der Waals surface area (Å²) in [6, 6.07) is 0. The quantitative estimate of drug-likeness (QED) is 0.280. The van der Waals surface area contributed by atoms with Gasteiger partial charge in [0.15, 0.2) is 12.2 Å². The predicted molar refractivity (Wildman–Crippen MR) is 45.7 cm³/mol. The molecule has 1 amide bonds. The number of hydrogen-bond donors (Lipinski definition) is 6. The number of likely N-dealkylation sites (N-methyl/N-ethyl adjacent to an activating group) is 1. The minimum Gasteiger partial charge on any atom is -0.479 e. The van der Waals surface area contributed by atoms with Crippen molar-refractivity contribution in [3.8, 4) is 0 Å². The van der Waals surface area contributed by atoms with Crippen molar-refractivity contribution >= 4 is 11.9 Å². The van der Waals surface area contributed by atoms with Crippen LogP contribution in [-0.2, 0) is 9.59 Å². The van der Waals surface area contributed by atoms with Crippen LogP contribution in [0.5, 0.6) is 0 Å². The molecule has 15 heavy (non-hydrogen) atoms. The second kappa shape index (κ2) is 5.61. The molecule has 0 aliphatic heterocycles. The molecule has 0 saturated carbocycles. The van der Waals surface area contributed by atoms with Crippen LogP contribution in [0.4, 0.5) is 0 Å². The molecule has 0 aromatic rings. The van der Waals surface area contributed by atoms with Crippen molar-refractivity contribution in [2.75, 3.05) is 7.05 Å². The van der Waals surface area contributed by atoms with Gasteiger partial charge < -0.3 is 30.8 Å². The fourth-order valence-electron chi connectivity index (χ4n) is 0.823. The standard InChI is InChI=1S/C7H13NO7/c1-8-6(13)4(11)2(9)3(10)5(12)7(14)15/h2-5,9-12H,1H3,(H,8,13)(H,14,15)/t2-,3-,4?,5-/m1/s1. The second-order valence-electron chi connectivity index (χ2n) is 2.82. The number of aliphatic carboxylic acids is 1. The average Bonchev–Trinajstić information content (AvgIpc) is 2.23. The zero-order valence-electron chi connectivity index (χ0n) is 7.86. The molecule has 0 aliphatic rings. The number of carbonyl (C=O) groups excluding carboxylic acids is 1. The first-order valence-corrected chi connectivity index (χ1v) is 3.99. The Morgan fingerprint density at radius 1 is 1.00 bits per heavy atom. The van der Waals surface area contributed by atoms with E-state index < -0.39 is 36.3 Å². The lowest BCUT2D eigenvalue weighted by molar-refractivity contribution is -0.166. The van der Waals surface area contributed by atoms with Crippen molar-refractivity contribution in [3.63, 3.8) is 0 Å². The largest absolute Gasteiger partial charge is 0.479 e. The summed E-state index contributed by atoms with van der Waals surface area (Å²) in [4.78, 5) is 21.0.